The molecule has 0 aromatic rings. The van der Waals surface area contributed by atoms with Crippen LogP contribution in [0.15, 0.2) is 24.3 Å². The van der Waals surface area contributed by atoms with Gasteiger partial charge in [0.1, 0.15) is 24.4 Å². The number of hydrogen-bond acceptors (Lipinski definition) is 10. The Kier molecular flexibility index (Phi) is 64.3. The lowest BCUT2D eigenvalue weighted by atomic mass is 9.99. The van der Waals surface area contributed by atoms with E-state index in [9.17, 15) is 35.1 Å². The molecule has 8 atom stereocenters. The van der Waals surface area contributed by atoms with Crippen molar-refractivity contribution in [2.45, 2.75) is 455 Å². The zero-order valence-corrected chi connectivity index (χ0v) is 59.5. The van der Waals surface area contributed by atoms with Crippen LogP contribution in [0.2, 0.25) is 0 Å². The second-order valence-electron chi connectivity index (χ2n) is 27.8. The summed E-state index contributed by atoms with van der Waals surface area (Å²) in [7, 11) is 0. The van der Waals surface area contributed by atoms with Gasteiger partial charge in [0, 0.05) is 6.42 Å². The Morgan fingerprint density at radius 2 is 0.733 bits per heavy atom. The highest BCUT2D eigenvalue weighted by atomic mass is 16.7. The van der Waals surface area contributed by atoms with E-state index in [1.165, 1.54) is 302 Å². The fraction of sp³-hybridized carbons (Fsp3) is 0.924. The minimum Gasteiger partial charge on any atom is -0.454 e. The van der Waals surface area contributed by atoms with E-state index < -0.39 is 67.4 Å². The Labute approximate surface area is 556 Å². The maximum Gasteiger partial charge on any atom is 0.306 e. The van der Waals surface area contributed by atoms with Gasteiger partial charge in [-0.1, -0.05) is 373 Å². The molecule has 0 saturated carbocycles. The van der Waals surface area contributed by atoms with Crippen LogP contribution in [0.4, 0.5) is 0 Å². The molecule has 0 radical (unpaired) electrons. The van der Waals surface area contributed by atoms with Crippen LogP contribution >= 0.6 is 0 Å². The molecule has 532 valence electrons. The molecule has 1 fully saturated rings. The van der Waals surface area contributed by atoms with Crippen LogP contribution in [0.3, 0.4) is 0 Å². The van der Waals surface area contributed by atoms with Gasteiger partial charge in [0.25, 0.3) is 0 Å². The number of unbranched alkanes of at least 4 members (excludes halogenated alkanes) is 54. The molecular weight excluding hydrogens is 1120 g/mol. The topological polar surface area (TPSA) is 175 Å². The molecule has 11 nitrogen and oxygen atoms in total. The van der Waals surface area contributed by atoms with Crippen molar-refractivity contribution in [3.63, 3.8) is 0 Å². The number of rotatable bonds is 70. The molecule has 0 aromatic heterocycles. The molecule has 90 heavy (non-hydrogen) atoms. The molecular formula is C79H151NO10. The van der Waals surface area contributed by atoms with Crippen LogP contribution in [-0.4, -0.2) is 99.6 Å². The summed E-state index contributed by atoms with van der Waals surface area (Å²) in [5, 5.41) is 57.4. The third-order valence-corrected chi connectivity index (χ3v) is 19.1. The molecule has 6 N–H and O–H groups in total. The van der Waals surface area contributed by atoms with Crippen LogP contribution in [-0.2, 0) is 23.8 Å². The monoisotopic (exact) mass is 1270 g/mol. The summed E-state index contributed by atoms with van der Waals surface area (Å²) in [6.07, 6.45) is 72.4. The Hall–Kier alpha value is -1.86. The summed E-state index contributed by atoms with van der Waals surface area (Å²) in [4.78, 5) is 26.8. The van der Waals surface area contributed by atoms with Crippen LogP contribution in [0.5, 0.6) is 0 Å². The molecule has 0 aliphatic carbocycles. The summed E-state index contributed by atoms with van der Waals surface area (Å²) >= 11 is 0. The molecule has 0 aromatic carbocycles. The third-order valence-electron chi connectivity index (χ3n) is 19.1. The predicted octanol–water partition coefficient (Wildman–Crippen LogP) is 21.1. The van der Waals surface area contributed by atoms with Crippen molar-refractivity contribution in [3.8, 4) is 0 Å². The number of carbonyl (C=O) groups excluding carboxylic acids is 2. The van der Waals surface area contributed by atoms with E-state index in [2.05, 4.69) is 38.2 Å². The Morgan fingerprint density at radius 3 is 1.08 bits per heavy atom. The first kappa shape index (κ1) is 86.2. The number of hydrogen-bond donors (Lipinski definition) is 6. The van der Waals surface area contributed by atoms with Crippen molar-refractivity contribution in [1.29, 1.82) is 0 Å². The maximum absolute atomic E-state index is 13.5. The highest BCUT2D eigenvalue weighted by molar-refractivity contribution is 5.80. The van der Waals surface area contributed by atoms with Gasteiger partial charge in [0.15, 0.2) is 12.4 Å². The average Bonchev–Trinajstić information content (AvgIpc) is 1.18. The molecule has 1 heterocycles. The number of nitrogens with one attached hydrogen (secondary N) is 1. The molecule has 1 saturated heterocycles. The van der Waals surface area contributed by atoms with Crippen LogP contribution in [0, 0.1) is 0 Å². The first-order valence-corrected chi connectivity index (χ1v) is 39.6. The summed E-state index contributed by atoms with van der Waals surface area (Å²) in [5.41, 5.74) is 0. The van der Waals surface area contributed by atoms with Crippen molar-refractivity contribution in [3.05, 3.63) is 24.3 Å². The highest BCUT2D eigenvalue weighted by Gasteiger charge is 2.47. The van der Waals surface area contributed by atoms with Gasteiger partial charge in [0.2, 0.25) is 5.91 Å². The number of ether oxygens (including phenoxy) is 3. The predicted molar refractivity (Wildman–Crippen MR) is 380 cm³/mol. The number of allylic oxidation sites excluding steroid dienone is 3. The quantitative estimate of drug-likeness (QED) is 0.0195. The second kappa shape index (κ2) is 67.1. The number of carbonyl (C=O) groups is 2. The van der Waals surface area contributed by atoms with Gasteiger partial charge in [-0.3, -0.25) is 9.59 Å². The number of aliphatic hydroxyl groups is 5. The Bertz CT molecular complexity index is 1560. The Balaban J connectivity index is 2.49. The van der Waals surface area contributed by atoms with Gasteiger partial charge >= 0.3 is 5.97 Å². The highest BCUT2D eigenvalue weighted by Crippen LogP contribution is 2.27. The first-order chi connectivity index (χ1) is 44.2. The lowest BCUT2D eigenvalue weighted by Gasteiger charge is -2.41. The molecule has 1 rings (SSSR count). The molecule has 8 unspecified atom stereocenters. The molecule has 0 spiro atoms. The zero-order valence-electron chi connectivity index (χ0n) is 59.5. The van der Waals surface area contributed by atoms with Crippen LogP contribution in [0.1, 0.15) is 406 Å². The van der Waals surface area contributed by atoms with E-state index in [0.717, 1.165) is 57.8 Å². The van der Waals surface area contributed by atoms with E-state index >= 15 is 0 Å². The van der Waals surface area contributed by atoms with Crippen molar-refractivity contribution >= 4 is 11.9 Å². The SMILES string of the molecule is CCCCCCCC/C=C/CCCCCCCCCCCCCCCCCC(=O)OC1C(OCC(NC(=O)C(O)CCCCCCCCCCCCCCCCCCCCCCCCCC)C(O)/C=C/CCCCCCCCCCCC)OC(CO)C(O)C1O. The van der Waals surface area contributed by atoms with Gasteiger partial charge in [-0.15, -0.1) is 0 Å². The van der Waals surface area contributed by atoms with Crippen molar-refractivity contribution in [2.75, 3.05) is 13.2 Å². The van der Waals surface area contributed by atoms with E-state index in [1.54, 1.807) is 6.08 Å². The number of amides is 1. The standard InChI is InChI=1S/C79H151NO10/c1-4-7-10-13-16-19-22-25-27-29-31-33-35-37-39-41-43-45-47-49-52-55-58-61-64-67-74(84)90-77-76(86)75(85)73(68-81)89-79(77)88-69-70(71(82)65-62-59-56-53-50-24-21-18-15-12-9-6-3)80-78(87)72(83)66-63-60-57-54-51-48-46-44-42-40-38-36-34-32-30-28-26-23-20-17-14-11-8-5-2/h25,27,62,65,70-73,75-77,79,81-83,85-86H,4-24,26,28-61,63-64,66-69H2,1-3H3,(H,80,87)/b27-25+,65-62+. The van der Waals surface area contributed by atoms with Crippen LogP contribution < -0.4 is 5.32 Å². The van der Waals surface area contributed by atoms with E-state index in [0.29, 0.717) is 19.3 Å². The maximum atomic E-state index is 13.5. The van der Waals surface area contributed by atoms with E-state index in [4.69, 9.17) is 14.2 Å². The lowest BCUT2D eigenvalue weighted by molar-refractivity contribution is -0.305. The van der Waals surface area contributed by atoms with E-state index in [-0.39, 0.29) is 13.0 Å². The van der Waals surface area contributed by atoms with Gasteiger partial charge in [0.05, 0.1) is 25.4 Å². The van der Waals surface area contributed by atoms with Crippen molar-refractivity contribution < 1.29 is 49.3 Å². The summed E-state index contributed by atoms with van der Waals surface area (Å²) < 4.78 is 17.8. The average molecular weight is 1280 g/mol. The first-order valence-electron chi connectivity index (χ1n) is 39.6. The fourth-order valence-corrected chi connectivity index (χ4v) is 12.9. The molecule has 1 aliphatic rings. The zero-order chi connectivity index (χ0) is 65.3. The smallest absolute Gasteiger partial charge is 0.306 e. The molecule has 1 aliphatic heterocycles. The summed E-state index contributed by atoms with van der Waals surface area (Å²) in [6, 6.07) is -1.02. The minimum absolute atomic E-state index is 0.130. The van der Waals surface area contributed by atoms with Crippen molar-refractivity contribution in [1.82, 2.24) is 5.32 Å². The summed E-state index contributed by atoms with van der Waals surface area (Å²) in [5.74, 6) is -1.17. The second-order valence-corrected chi connectivity index (χ2v) is 27.8. The molecule has 0 bridgehead atoms. The normalized spacial score (nSPS) is 18.1. The largest absolute Gasteiger partial charge is 0.454 e. The van der Waals surface area contributed by atoms with E-state index in [1.807, 2.05) is 6.08 Å². The third kappa shape index (κ3) is 53.4. The van der Waals surface area contributed by atoms with Gasteiger partial charge in [-0.05, 0) is 51.4 Å². The van der Waals surface area contributed by atoms with Gasteiger partial charge in [-0.2, -0.15) is 0 Å². The van der Waals surface area contributed by atoms with Gasteiger partial charge < -0.3 is 45.1 Å². The lowest BCUT2D eigenvalue weighted by Crippen LogP contribution is -2.61. The number of esters is 1. The van der Waals surface area contributed by atoms with Crippen LogP contribution in [0.25, 0.3) is 0 Å². The molecule has 1 amide bonds. The van der Waals surface area contributed by atoms with Gasteiger partial charge in [-0.25, -0.2) is 0 Å². The van der Waals surface area contributed by atoms with Crippen molar-refractivity contribution in [2.24, 2.45) is 0 Å². The summed E-state index contributed by atoms with van der Waals surface area (Å²) in [6.45, 7) is 5.87. The minimum atomic E-state index is -1.61. The number of aliphatic hydroxyl groups excluding tert-OH is 5. The Morgan fingerprint density at radius 1 is 0.422 bits per heavy atom. The molecule has 11 heteroatoms. The fourth-order valence-electron chi connectivity index (χ4n) is 12.9.